The molecule has 0 radical (unpaired) electrons. The number of imidazole rings is 1. The number of aryl methyl sites for hydroxylation is 1. The molecular weight excluding hydrogens is 332 g/mol. The number of nitrogens with zero attached hydrogens (tertiary/aromatic N) is 2. The van der Waals surface area contributed by atoms with Gasteiger partial charge in [-0.1, -0.05) is 30.3 Å². The molecule has 1 atom stereocenters. The summed E-state index contributed by atoms with van der Waals surface area (Å²) in [6.07, 6.45) is -0.622. The maximum atomic E-state index is 10.4. The smallest absolute Gasteiger partial charge is 0.163 e. The first kappa shape index (κ1) is 16.9. The van der Waals surface area contributed by atoms with E-state index < -0.39 is 6.10 Å². The molecule has 0 saturated carbocycles. The fourth-order valence-corrected chi connectivity index (χ4v) is 3.16. The van der Waals surface area contributed by atoms with E-state index in [4.69, 9.17) is 14.2 Å². The van der Waals surface area contributed by atoms with Gasteiger partial charge in [0.2, 0.25) is 0 Å². The van der Waals surface area contributed by atoms with Gasteiger partial charge in [-0.25, -0.2) is 4.98 Å². The molecule has 0 unspecified atom stereocenters. The van der Waals surface area contributed by atoms with Crippen LogP contribution in [0.2, 0.25) is 0 Å². The van der Waals surface area contributed by atoms with Crippen molar-refractivity contribution >= 4 is 11.0 Å². The quantitative estimate of drug-likeness (QED) is 0.737. The van der Waals surface area contributed by atoms with Gasteiger partial charge in [-0.05, 0) is 12.5 Å². The first-order valence-corrected chi connectivity index (χ1v) is 8.77. The summed E-state index contributed by atoms with van der Waals surface area (Å²) in [5, 5.41) is 10.4. The Bertz CT molecular complexity index is 892. The molecule has 0 bridgehead atoms. The van der Waals surface area contributed by atoms with Crippen molar-refractivity contribution in [3.05, 3.63) is 53.9 Å². The van der Waals surface area contributed by atoms with E-state index in [1.807, 2.05) is 54.0 Å². The summed E-state index contributed by atoms with van der Waals surface area (Å²) >= 11 is 0. The summed E-state index contributed by atoms with van der Waals surface area (Å²) < 4.78 is 18.9. The van der Waals surface area contributed by atoms with Gasteiger partial charge in [-0.15, -0.1) is 0 Å². The van der Waals surface area contributed by atoms with E-state index in [0.29, 0.717) is 26.4 Å². The molecule has 0 amide bonds. The van der Waals surface area contributed by atoms with Crippen molar-refractivity contribution in [1.82, 2.24) is 9.55 Å². The Balaban J connectivity index is 1.45. The minimum atomic E-state index is -0.622. The molecule has 1 aliphatic rings. The van der Waals surface area contributed by atoms with Crippen molar-refractivity contribution in [2.75, 3.05) is 19.8 Å². The van der Waals surface area contributed by atoms with Gasteiger partial charge in [0.1, 0.15) is 19.0 Å². The number of fused-ring (bicyclic) bond motifs is 2. The van der Waals surface area contributed by atoms with Crippen LogP contribution in [-0.4, -0.2) is 40.6 Å². The highest BCUT2D eigenvalue weighted by molar-refractivity contribution is 5.80. The zero-order valence-electron chi connectivity index (χ0n) is 14.7. The van der Waals surface area contributed by atoms with Gasteiger partial charge in [0, 0.05) is 12.1 Å². The van der Waals surface area contributed by atoms with E-state index in [9.17, 15) is 5.11 Å². The van der Waals surface area contributed by atoms with E-state index in [1.54, 1.807) is 0 Å². The van der Waals surface area contributed by atoms with E-state index >= 15 is 0 Å². The van der Waals surface area contributed by atoms with Gasteiger partial charge in [0.15, 0.2) is 11.5 Å². The van der Waals surface area contributed by atoms with Gasteiger partial charge in [-0.3, -0.25) is 0 Å². The number of rotatable bonds is 6. The van der Waals surface area contributed by atoms with Crippen LogP contribution >= 0.6 is 0 Å². The minimum Gasteiger partial charge on any atom is -0.486 e. The number of aliphatic hydroxyl groups is 1. The van der Waals surface area contributed by atoms with Gasteiger partial charge < -0.3 is 23.9 Å². The molecule has 0 saturated heterocycles. The van der Waals surface area contributed by atoms with Crippen LogP contribution in [0.5, 0.6) is 11.5 Å². The highest BCUT2D eigenvalue weighted by Gasteiger charge is 2.18. The molecule has 0 spiro atoms. The zero-order chi connectivity index (χ0) is 17.9. The van der Waals surface area contributed by atoms with Crippen LogP contribution in [0.3, 0.4) is 0 Å². The Morgan fingerprint density at radius 1 is 1.15 bits per heavy atom. The third kappa shape index (κ3) is 3.52. The highest BCUT2D eigenvalue weighted by atomic mass is 16.6. The van der Waals surface area contributed by atoms with Crippen molar-refractivity contribution in [2.24, 2.45) is 0 Å². The molecule has 1 N–H and O–H groups in total. The van der Waals surface area contributed by atoms with E-state index in [0.717, 1.165) is 33.9 Å². The average Bonchev–Trinajstić information content (AvgIpc) is 2.95. The largest absolute Gasteiger partial charge is 0.486 e. The average molecular weight is 354 g/mol. The van der Waals surface area contributed by atoms with Gasteiger partial charge in [-0.2, -0.15) is 0 Å². The molecule has 26 heavy (non-hydrogen) atoms. The van der Waals surface area contributed by atoms with Crippen molar-refractivity contribution in [1.29, 1.82) is 0 Å². The number of hydrogen-bond acceptors (Lipinski definition) is 5. The summed E-state index contributed by atoms with van der Waals surface area (Å²) in [5.74, 6) is 2.28. The molecule has 3 aromatic rings. The van der Waals surface area contributed by atoms with Gasteiger partial charge in [0.05, 0.1) is 36.9 Å². The van der Waals surface area contributed by atoms with Crippen LogP contribution < -0.4 is 9.47 Å². The van der Waals surface area contributed by atoms with Gasteiger partial charge in [0.25, 0.3) is 0 Å². The van der Waals surface area contributed by atoms with Gasteiger partial charge >= 0.3 is 0 Å². The normalized spacial score (nSPS) is 14.5. The van der Waals surface area contributed by atoms with Crippen LogP contribution in [0.4, 0.5) is 0 Å². The lowest BCUT2D eigenvalue weighted by Crippen LogP contribution is -2.22. The Kier molecular flexibility index (Phi) is 4.77. The standard InChI is InChI=1S/C20H22N2O4/c1-14-21-17-9-19-20(26-8-7-25-19)10-18(17)22(14)11-16(23)13-24-12-15-5-3-2-4-6-15/h2-6,9-10,16,23H,7-8,11-13H2,1H3/t16-/m0/s1. The molecule has 1 aliphatic heterocycles. The third-order valence-corrected chi connectivity index (χ3v) is 4.42. The second-order valence-electron chi connectivity index (χ2n) is 6.41. The summed E-state index contributed by atoms with van der Waals surface area (Å²) in [5.41, 5.74) is 2.85. The Labute approximate surface area is 151 Å². The highest BCUT2D eigenvalue weighted by Crippen LogP contribution is 2.34. The lowest BCUT2D eigenvalue weighted by atomic mass is 10.2. The van der Waals surface area contributed by atoms with Crippen LogP contribution in [0, 0.1) is 6.92 Å². The van der Waals surface area contributed by atoms with E-state index in [-0.39, 0.29) is 6.61 Å². The molecule has 1 aromatic heterocycles. The lowest BCUT2D eigenvalue weighted by molar-refractivity contribution is 0.0206. The predicted molar refractivity (Wildman–Crippen MR) is 97.6 cm³/mol. The first-order chi connectivity index (χ1) is 12.7. The minimum absolute atomic E-state index is 0.262. The SMILES string of the molecule is Cc1nc2cc3c(cc2n1C[C@H](O)COCc1ccccc1)OCCO3. The van der Waals surface area contributed by atoms with Crippen molar-refractivity contribution in [3.63, 3.8) is 0 Å². The number of hydrogen-bond donors (Lipinski definition) is 1. The van der Waals surface area contributed by atoms with Crippen LogP contribution in [0.25, 0.3) is 11.0 Å². The molecule has 2 heterocycles. The van der Waals surface area contributed by atoms with Crippen LogP contribution in [0.1, 0.15) is 11.4 Å². The number of ether oxygens (including phenoxy) is 3. The first-order valence-electron chi connectivity index (χ1n) is 8.77. The Morgan fingerprint density at radius 3 is 2.65 bits per heavy atom. The predicted octanol–water partition coefficient (Wildman–Crippen LogP) is 2.69. The molecule has 4 rings (SSSR count). The molecule has 136 valence electrons. The molecule has 0 fully saturated rings. The van der Waals surface area contributed by atoms with Crippen LogP contribution in [0.15, 0.2) is 42.5 Å². The summed E-state index contributed by atoms with van der Waals surface area (Å²) in [4.78, 5) is 4.58. The zero-order valence-corrected chi connectivity index (χ0v) is 14.7. The molecule has 2 aromatic carbocycles. The van der Waals surface area contributed by atoms with Crippen molar-refractivity contribution < 1.29 is 19.3 Å². The monoisotopic (exact) mass is 354 g/mol. The second kappa shape index (κ2) is 7.35. The van der Waals surface area contributed by atoms with E-state index in [2.05, 4.69) is 4.98 Å². The summed E-state index contributed by atoms with van der Waals surface area (Å²) in [6.45, 7) is 4.19. The third-order valence-electron chi connectivity index (χ3n) is 4.42. The Morgan fingerprint density at radius 2 is 1.88 bits per heavy atom. The van der Waals surface area contributed by atoms with Crippen molar-refractivity contribution in [3.8, 4) is 11.5 Å². The Hall–Kier alpha value is -2.57. The molecule has 0 aliphatic carbocycles. The molecule has 6 nitrogen and oxygen atoms in total. The number of benzene rings is 2. The summed E-state index contributed by atoms with van der Waals surface area (Å²) in [7, 11) is 0. The molecule has 6 heteroatoms. The molecular formula is C20H22N2O4. The maximum absolute atomic E-state index is 10.4. The van der Waals surface area contributed by atoms with E-state index in [1.165, 1.54) is 0 Å². The fourth-order valence-electron chi connectivity index (χ4n) is 3.16. The second-order valence-corrected chi connectivity index (χ2v) is 6.41. The number of aromatic nitrogens is 2. The summed E-state index contributed by atoms with van der Waals surface area (Å²) in [6, 6.07) is 13.8. The lowest BCUT2D eigenvalue weighted by Gasteiger charge is -2.19. The maximum Gasteiger partial charge on any atom is 0.163 e. The number of aliphatic hydroxyl groups excluding tert-OH is 1. The topological polar surface area (TPSA) is 65.7 Å². The van der Waals surface area contributed by atoms with Crippen molar-refractivity contribution in [2.45, 2.75) is 26.2 Å². The fraction of sp³-hybridized carbons (Fsp3) is 0.350. The van der Waals surface area contributed by atoms with Crippen LogP contribution in [-0.2, 0) is 17.9 Å².